The summed E-state index contributed by atoms with van der Waals surface area (Å²) in [5, 5.41) is 8.83. The molecule has 0 spiro atoms. The number of anilines is 3. The summed E-state index contributed by atoms with van der Waals surface area (Å²) < 4.78 is 1.60. The van der Waals surface area contributed by atoms with Gasteiger partial charge in [-0.2, -0.15) is 5.10 Å². The van der Waals surface area contributed by atoms with Gasteiger partial charge in [0.15, 0.2) is 0 Å². The van der Waals surface area contributed by atoms with Crippen LogP contribution in [0.1, 0.15) is 10.4 Å². The predicted molar refractivity (Wildman–Crippen MR) is 128 cm³/mol. The number of amides is 1. The van der Waals surface area contributed by atoms with Crippen molar-refractivity contribution in [3.63, 3.8) is 0 Å². The maximum atomic E-state index is 12.9. The molecule has 168 valence electrons. The lowest BCUT2D eigenvalue weighted by Gasteiger charge is -2.33. The summed E-state index contributed by atoms with van der Waals surface area (Å²) in [5.41, 5.74) is 8.10. The number of nitrogens with zero attached hydrogens (tertiary/aromatic N) is 7. The Morgan fingerprint density at radius 3 is 2.52 bits per heavy atom. The highest BCUT2D eigenvalue weighted by Gasteiger charge is 2.17. The molecule has 0 bridgehead atoms. The molecule has 5 heterocycles. The highest BCUT2D eigenvalue weighted by Crippen LogP contribution is 2.27. The number of pyridine rings is 3. The molecule has 0 saturated carbocycles. The van der Waals surface area contributed by atoms with E-state index in [1.807, 2.05) is 18.2 Å². The molecule has 1 saturated heterocycles. The molecule has 4 aromatic rings. The van der Waals surface area contributed by atoms with Gasteiger partial charge in [-0.25, -0.2) is 9.97 Å². The van der Waals surface area contributed by atoms with E-state index in [1.165, 1.54) is 0 Å². The van der Waals surface area contributed by atoms with Gasteiger partial charge in [0.2, 0.25) is 0 Å². The van der Waals surface area contributed by atoms with Crippen LogP contribution in [0.2, 0.25) is 0 Å². The Bertz CT molecular complexity index is 1320. The Balaban J connectivity index is 1.37. The Labute approximate surface area is 191 Å². The van der Waals surface area contributed by atoms with E-state index < -0.39 is 0 Å². The van der Waals surface area contributed by atoms with Gasteiger partial charge in [-0.15, -0.1) is 0 Å². The average molecular weight is 444 g/mol. The molecular formula is C23H25N9O. The summed E-state index contributed by atoms with van der Waals surface area (Å²) in [4.78, 5) is 30.7. The number of nitrogens with one attached hydrogen (secondary N) is 1. The molecule has 0 unspecified atom stereocenters. The molecule has 5 rings (SSSR count). The third-order valence-corrected chi connectivity index (χ3v) is 5.94. The fraction of sp³-hybridized carbons (Fsp3) is 0.261. The van der Waals surface area contributed by atoms with E-state index in [4.69, 9.17) is 5.73 Å². The summed E-state index contributed by atoms with van der Waals surface area (Å²) in [6.45, 7) is 3.72. The van der Waals surface area contributed by atoms with Gasteiger partial charge >= 0.3 is 0 Å². The number of carbonyl (C=O) groups is 1. The number of aryl methyl sites for hydroxylation is 1. The normalized spacial score (nSPS) is 14.5. The van der Waals surface area contributed by atoms with Crippen molar-refractivity contribution in [3.05, 3.63) is 54.6 Å². The van der Waals surface area contributed by atoms with Crippen molar-refractivity contribution >= 4 is 34.1 Å². The van der Waals surface area contributed by atoms with Gasteiger partial charge < -0.3 is 20.9 Å². The second-order valence-corrected chi connectivity index (χ2v) is 8.20. The molecule has 0 aromatic carbocycles. The summed E-state index contributed by atoms with van der Waals surface area (Å²) >= 11 is 0. The molecule has 1 fully saturated rings. The lowest BCUT2D eigenvalue weighted by molar-refractivity contribution is 0.102. The zero-order valence-electron chi connectivity index (χ0n) is 18.6. The molecular weight excluding hydrogens is 418 g/mol. The Hall–Kier alpha value is -4.05. The zero-order chi connectivity index (χ0) is 22.9. The van der Waals surface area contributed by atoms with Crippen LogP contribution in [0.3, 0.4) is 0 Å². The van der Waals surface area contributed by atoms with E-state index in [2.05, 4.69) is 42.2 Å². The van der Waals surface area contributed by atoms with Gasteiger partial charge in [-0.3, -0.25) is 14.5 Å². The van der Waals surface area contributed by atoms with Crippen LogP contribution >= 0.6 is 0 Å². The molecule has 10 nitrogen and oxygen atoms in total. The first-order chi connectivity index (χ1) is 16.0. The Morgan fingerprint density at radius 1 is 0.970 bits per heavy atom. The van der Waals surface area contributed by atoms with Gasteiger partial charge in [0.1, 0.15) is 17.5 Å². The largest absolute Gasteiger partial charge is 0.383 e. The van der Waals surface area contributed by atoms with E-state index in [1.54, 1.807) is 42.6 Å². The van der Waals surface area contributed by atoms with E-state index in [-0.39, 0.29) is 5.91 Å². The van der Waals surface area contributed by atoms with Gasteiger partial charge in [0.25, 0.3) is 5.91 Å². The van der Waals surface area contributed by atoms with E-state index in [0.717, 1.165) is 48.3 Å². The van der Waals surface area contributed by atoms with E-state index in [0.29, 0.717) is 22.9 Å². The molecule has 0 aliphatic carbocycles. The smallest absolute Gasteiger partial charge is 0.257 e. The van der Waals surface area contributed by atoms with Crippen LogP contribution in [0.15, 0.2) is 49.1 Å². The number of hydrogen-bond acceptors (Lipinski definition) is 8. The van der Waals surface area contributed by atoms with E-state index in [9.17, 15) is 4.79 Å². The Morgan fingerprint density at radius 2 is 1.76 bits per heavy atom. The molecule has 4 aromatic heterocycles. The van der Waals surface area contributed by atoms with Gasteiger partial charge in [-0.05, 0) is 36.7 Å². The van der Waals surface area contributed by atoms with Crippen LogP contribution in [0, 0.1) is 0 Å². The fourth-order valence-electron chi connectivity index (χ4n) is 3.85. The van der Waals surface area contributed by atoms with Crippen molar-refractivity contribution < 1.29 is 4.79 Å². The number of carbonyl (C=O) groups excluding carboxylic acids is 1. The number of nitrogens with two attached hydrogens (primary N) is 1. The highest BCUT2D eigenvalue weighted by molar-refractivity contribution is 6.05. The van der Waals surface area contributed by atoms with Gasteiger partial charge in [0, 0.05) is 62.8 Å². The van der Waals surface area contributed by atoms with Crippen LogP contribution in [0.25, 0.3) is 22.0 Å². The molecule has 0 atom stereocenters. The number of fused-ring (bicyclic) bond motifs is 1. The standard InChI is InChI=1S/C23H25N9O/c1-30-5-7-32(8-6-30)21-11-15(3-4-25-21)23(33)29-20-10-16-9-19(26-12-17(16)13-27-20)18-14-28-31(2)22(18)24/h3-4,9-14H,5-8,24H2,1-2H3,(H,27,29,33). The van der Waals surface area contributed by atoms with E-state index >= 15 is 0 Å². The second kappa shape index (κ2) is 8.47. The van der Waals surface area contributed by atoms with Crippen LogP contribution in [0.5, 0.6) is 0 Å². The number of aromatic nitrogens is 5. The minimum Gasteiger partial charge on any atom is -0.383 e. The maximum Gasteiger partial charge on any atom is 0.257 e. The molecule has 1 aliphatic rings. The number of likely N-dealkylation sites (N-methyl/N-ethyl adjacent to an activating group) is 1. The minimum atomic E-state index is -0.231. The summed E-state index contributed by atoms with van der Waals surface area (Å²) in [7, 11) is 3.89. The second-order valence-electron chi connectivity index (χ2n) is 8.20. The monoisotopic (exact) mass is 443 g/mol. The van der Waals surface area contributed by atoms with Crippen molar-refractivity contribution in [1.82, 2.24) is 29.6 Å². The van der Waals surface area contributed by atoms with Crippen molar-refractivity contribution in [2.24, 2.45) is 7.05 Å². The highest BCUT2D eigenvalue weighted by atomic mass is 16.1. The molecule has 3 N–H and O–H groups in total. The van der Waals surface area contributed by atoms with Gasteiger partial charge in [0.05, 0.1) is 17.5 Å². The molecule has 10 heteroatoms. The first-order valence-electron chi connectivity index (χ1n) is 10.7. The van der Waals surface area contributed by atoms with Crippen LogP contribution in [-0.4, -0.2) is 68.8 Å². The first kappa shape index (κ1) is 20.8. The third kappa shape index (κ3) is 4.20. The number of hydrogen-bond donors (Lipinski definition) is 2. The fourth-order valence-corrected chi connectivity index (χ4v) is 3.85. The summed E-state index contributed by atoms with van der Waals surface area (Å²) in [6, 6.07) is 7.28. The SMILES string of the molecule is CN1CCN(c2cc(C(=O)Nc3cc4cc(-c5cnn(C)c5N)ncc4cn3)ccn2)CC1. The third-order valence-electron chi connectivity index (χ3n) is 5.94. The number of nitrogen functional groups attached to an aromatic ring is 1. The molecule has 33 heavy (non-hydrogen) atoms. The van der Waals surface area contributed by atoms with Crippen molar-refractivity contribution in [2.45, 2.75) is 0 Å². The minimum absolute atomic E-state index is 0.231. The quantitative estimate of drug-likeness (QED) is 0.492. The Kier molecular flexibility index (Phi) is 5.35. The average Bonchev–Trinajstić information content (AvgIpc) is 3.17. The molecule has 0 radical (unpaired) electrons. The zero-order valence-corrected chi connectivity index (χ0v) is 18.6. The lowest BCUT2D eigenvalue weighted by atomic mass is 10.1. The lowest BCUT2D eigenvalue weighted by Crippen LogP contribution is -2.44. The van der Waals surface area contributed by atoms with Gasteiger partial charge in [-0.1, -0.05) is 0 Å². The summed E-state index contributed by atoms with van der Waals surface area (Å²) in [5.74, 6) is 1.58. The van der Waals surface area contributed by atoms with Crippen molar-refractivity contribution in [1.29, 1.82) is 0 Å². The predicted octanol–water partition coefficient (Wildman–Crippen LogP) is 2.01. The van der Waals surface area contributed by atoms with Crippen molar-refractivity contribution in [3.8, 4) is 11.3 Å². The number of rotatable bonds is 4. The maximum absolute atomic E-state index is 12.9. The van der Waals surface area contributed by atoms with Crippen LogP contribution in [0.4, 0.5) is 17.5 Å². The van der Waals surface area contributed by atoms with Crippen LogP contribution < -0.4 is 16.0 Å². The summed E-state index contributed by atoms with van der Waals surface area (Å²) in [6.07, 6.45) is 6.79. The van der Waals surface area contributed by atoms with Crippen molar-refractivity contribution in [2.75, 3.05) is 49.2 Å². The number of piperazine rings is 1. The first-order valence-corrected chi connectivity index (χ1v) is 10.7. The topological polar surface area (TPSA) is 118 Å². The molecule has 1 amide bonds. The molecule has 1 aliphatic heterocycles. The van der Waals surface area contributed by atoms with Crippen LogP contribution in [-0.2, 0) is 7.05 Å².